The fourth-order valence-corrected chi connectivity index (χ4v) is 3.52. The second kappa shape index (κ2) is 14.1. The number of aryl methyl sites for hydroxylation is 1. The molecule has 29 heavy (non-hydrogen) atoms. The van der Waals surface area contributed by atoms with Gasteiger partial charge in [0.1, 0.15) is 5.75 Å². The first kappa shape index (κ1) is 23.3. The molecule has 0 atom stereocenters. The maximum Gasteiger partial charge on any atom is 0.119 e. The van der Waals surface area contributed by atoms with Crippen molar-refractivity contribution in [2.75, 3.05) is 6.61 Å². The van der Waals surface area contributed by atoms with Gasteiger partial charge in [0.05, 0.1) is 6.61 Å². The van der Waals surface area contributed by atoms with Crippen molar-refractivity contribution in [2.45, 2.75) is 71.6 Å². The molecule has 0 spiro atoms. The average molecular weight is 409 g/mol. The van der Waals surface area contributed by atoms with Crippen LogP contribution in [0.25, 0.3) is 6.08 Å². The van der Waals surface area contributed by atoms with Crippen LogP contribution in [0.4, 0.5) is 0 Å². The third kappa shape index (κ3) is 9.41. The van der Waals surface area contributed by atoms with E-state index >= 15 is 0 Å². The molecule has 0 amide bonds. The van der Waals surface area contributed by atoms with Crippen LogP contribution < -0.4 is 4.74 Å². The molecule has 2 aromatic carbocycles. The van der Waals surface area contributed by atoms with Crippen molar-refractivity contribution in [3.8, 4) is 5.75 Å². The molecule has 2 aromatic rings. The Hall–Kier alpha value is -1.93. The minimum atomic E-state index is 0.807. The van der Waals surface area contributed by atoms with Gasteiger partial charge in [-0.3, -0.25) is 0 Å². The highest BCUT2D eigenvalue weighted by atomic mass is 32.1. The predicted octanol–water partition coefficient (Wildman–Crippen LogP) is 8.20. The van der Waals surface area contributed by atoms with Crippen molar-refractivity contribution in [1.29, 1.82) is 0 Å². The molecule has 0 heterocycles. The molecule has 0 aliphatic rings. The molecular formula is C27H36OS. The Bertz CT molecular complexity index is 728. The lowest BCUT2D eigenvalue weighted by Gasteiger charge is -2.06. The number of hydrogen-bond donors (Lipinski definition) is 0. The van der Waals surface area contributed by atoms with Gasteiger partial charge in [0, 0.05) is 4.86 Å². The van der Waals surface area contributed by atoms with Crippen LogP contribution in [0.5, 0.6) is 5.75 Å². The van der Waals surface area contributed by atoms with Crippen LogP contribution in [0.1, 0.15) is 81.9 Å². The highest BCUT2D eigenvalue weighted by Gasteiger charge is 1.99. The molecule has 0 aromatic heterocycles. The third-order valence-electron chi connectivity index (χ3n) is 5.10. The summed E-state index contributed by atoms with van der Waals surface area (Å²) in [5.41, 5.74) is 3.61. The summed E-state index contributed by atoms with van der Waals surface area (Å²) in [7, 11) is 0. The quantitative estimate of drug-likeness (QED) is 0.135. The van der Waals surface area contributed by atoms with E-state index in [1.807, 2.05) is 18.2 Å². The van der Waals surface area contributed by atoms with Gasteiger partial charge in [0.25, 0.3) is 0 Å². The van der Waals surface area contributed by atoms with Crippen LogP contribution in [0.2, 0.25) is 0 Å². The Morgan fingerprint density at radius 2 is 1.45 bits per heavy atom. The van der Waals surface area contributed by atoms with E-state index in [1.165, 1.54) is 50.5 Å². The lowest BCUT2D eigenvalue weighted by atomic mass is 10.1. The Morgan fingerprint density at radius 1 is 0.793 bits per heavy atom. The van der Waals surface area contributed by atoms with Gasteiger partial charge < -0.3 is 4.74 Å². The van der Waals surface area contributed by atoms with Crippen molar-refractivity contribution in [1.82, 2.24) is 0 Å². The van der Waals surface area contributed by atoms with Crippen molar-refractivity contribution >= 4 is 23.2 Å². The third-order valence-corrected chi connectivity index (χ3v) is 5.47. The van der Waals surface area contributed by atoms with Gasteiger partial charge in [-0.25, -0.2) is 0 Å². The van der Waals surface area contributed by atoms with Gasteiger partial charge >= 0.3 is 0 Å². The highest BCUT2D eigenvalue weighted by molar-refractivity contribution is 7.81. The number of ether oxygens (including phenoxy) is 1. The molecule has 0 aliphatic heterocycles. The van der Waals surface area contributed by atoms with Crippen LogP contribution in [-0.2, 0) is 6.42 Å². The van der Waals surface area contributed by atoms with E-state index in [-0.39, 0.29) is 0 Å². The number of unbranched alkanes of at least 4 members (excludes halogenated alkanes) is 6. The zero-order valence-corrected chi connectivity index (χ0v) is 19.0. The second-order valence-electron chi connectivity index (χ2n) is 7.68. The molecular weight excluding hydrogens is 372 g/mol. The summed E-state index contributed by atoms with van der Waals surface area (Å²) in [4.78, 5) is 0.868. The van der Waals surface area contributed by atoms with Gasteiger partial charge in [0.15, 0.2) is 0 Å². The highest BCUT2D eigenvalue weighted by Crippen LogP contribution is 2.15. The molecule has 0 unspecified atom stereocenters. The Balaban J connectivity index is 1.71. The summed E-state index contributed by atoms with van der Waals surface area (Å²) >= 11 is 5.56. The Labute approximate surface area is 183 Å². The number of benzene rings is 2. The van der Waals surface area contributed by atoms with E-state index in [0.717, 1.165) is 41.2 Å². The standard InChI is InChI=1S/C27H36OS/c1-3-5-6-7-8-9-10-22-28-26-19-14-24(15-20-26)16-21-27(29)25-17-12-23(11-4-2)13-18-25/h12-21H,3-11,22H2,1-2H3. The summed E-state index contributed by atoms with van der Waals surface area (Å²) in [6.07, 6.45) is 15.5. The summed E-state index contributed by atoms with van der Waals surface area (Å²) in [6.45, 7) is 5.27. The average Bonchev–Trinajstić information content (AvgIpc) is 2.75. The predicted molar refractivity (Wildman–Crippen MR) is 131 cm³/mol. The molecule has 0 aliphatic carbocycles. The summed E-state index contributed by atoms with van der Waals surface area (Å²) in [6, 6.07) is 16.9. The number of rotatable bonds is 14. The van der Waals surface area contributed by atoms with Crippen LogP contribution in [0.3, 0.4) is 0 Å². The molecule has 1 nitrogen and oxygen atoms in total. The zero-order chi connectivity index (χ0) is 20.7. The molecule has 0 fully saturated rings. The molecule has 2 heteroatoms. The van der Waals surface area contributed by atoms with Crippen LogP contribution in [-0.4, -0.2) is 11.5 Å². The molecule has 156 valence electrons. The topological polar surface area (TPSA) is 9.23 Å². The van der Waals surface area contributed by atoms with Crippen molar-refractivity contribution in [3.05, 3.63) is 71.3 Å². The minimum absolute atomic E-state index is 0.807. The van der Waals surface area contributed by atoms with Crippen LogP contribution >= 0.6 is 12.2 Å². The van der Waals surface area contributed by atoms with Crippen LogP contribution in [0.15, 0.2) is 54.6 Å². The maximum atomic E-state index is 5.86. The van der Waals surface area contributed by atoms with Crippen LogP contribution in [0, 0.1) is 0 Å². The largest absolute Gasteiger partial charge is 0.494 e. The molecule has 0 N–H and O–H groups in total. The van der Waals surface area contributed by atoms with E-state index in [1.54, 1.807) is 0 Å². The van der Waals surface area contributed by atoms with Crippen molar-refractivity contribution < 1.29 is 4.74 Å². The summed E-state index contributed by atoms with van der Waals surface area (Å²) < 4.78 is 5.86. The van der Waals surface area contributed by atoms with E-state index in [4.69, 9.17) is 17.0 Å². The minimum Gasteiger partial charge on any atom is -0.494 e. The monoisotopic (exact) mass is 408 g/mol. The molecule has 2 rings (SSSR count). The molecule has 0 radical (unpaired) electrons. The molecule has 0 saturated heterocycles. The fourth-order valence-electron chi connectivity index (χ4n) is 3.32. The SMILES string of the molecule is CCCCCCCCCOc1ccc(C=CC(=S)c2ccc(CCC)cc2)cc1. The smallest absolute Gasteiger partial charge is 0.119 e. The maximum absolute atomic E-state index is 5.86. The first-order valence-electron chi connectivity index (χ1n) is 11.3. The number of allylic oxidation sites excluding steroid dienone is 1. The lowest BCUT2D eigenvalue weighted by Crippen LogP contribution is -1.97. The van der Waals surface area contributed by atoms with E-state index in [9.17, 15) is 0 Å². The Kier molecular flexibility index (Phi) is 11.4. The normalized spacial score (nSPS) is 11.1. The van der Waals surface area contributed by atoms with Gasteiger partial charge in [-0.2, -0.15) is 0 Å². The van der Waals surface area contributed by atoms with Crippen molar-refractivity contribution in [3.63, 3.8) is 0 Å². The van der Waals surface area contributed by atoms with Gasteiger partial charge in [-0.05, 0) is 47.7 Å². The molecule has 0 bridgehead atoms. The molecule has 0 saturated carbocycles. The zero-order valence-electron chi connectivity index (χ0n) is 18.2. The second-order valence-corrected chi connectivity index (χ2v) is 8.12. The first-order valence-corrected chi connectivity index (χ1v) is 11.7. The van der Waals surface area contributed by atoms with Gasteiger partial charge in [0.2, 0.25) is 0 Å². The number of thiocarbonyl (C=S) groups is 1. The van der Waals surface area contributed by atoms with Gasteiger partial charge in [-0.1, -0.05) is 113 Å². The van der Waals surface area contributed by atoms with E-state index in [2.05, 4.69) is 56.3 Å². The van der Waals surface area contributed by atoms with E-state index < -0.39 is 0 Å². The Morgan fingerprint density at radius 3 is 2.10 bits per heavy atom. The van der Waals surface area contributed by atoms with Crippen molar-refractivity contribution in [2.24, 2.45) is 0 Å². The lowest BCUT2D eigenvalue weighted by molar-refractivity contribution is 0.304. The summed E-state index contributed by atoms with van der Waals surface area (Å²) in [5, 5.41) is 0. The summed E-state index contributed by atoms with van der Waals surface area (Å²) in [5.74, 6) is 0.947. The fraction of sp³-hybridized carbons (Fsp3) is 0.444. The first-order chi connectivity index (χ1) is 14.2. The number of hydrogen-bond acceptors (Lipinski definition) is 2. The van der Waals surface area contributed by atoms with E-state index in [0.29, 0.717) is 0 Å². The van der Waals surface area contributed by atoms with Gasteiger partial charge in [-0.15, -0.1) is 0 Å².